The number of rotatable bonds is 6. The second kappa shape index (κ2) is 9.65. The van der Waals surface area contributed by atoms with Crippen molar-refractivity contribution < 1.29 is 14.3 Å². The Bertz CT molecular complexity index is 864. The molecule has 1 N–H and O–H groups in total. The summed E-state index contributed by atoms with van der Waals surface area (Å²) in [7, 11) is 1.69. The van der Waals surface area contributed by atoms with Crippen LogP contribution in [-0.4, -0.2) is 55.0 Å². The van der Waals surface area contributed by atoms with Crippen LogP contribution in [0.1, 0.15) is 28.8 Å². The monoisotopic (exact) mass is 415 g/mol. The van der Waals surface area contributed by atoms with Crippen LogP contribution < -0.4 is 10.1 Å². The number of ether oxygens (including phenoxy) is 1. The zero-order valence-corrected chi connectivity index (χ0v) is 17.5. The zero-order valence-electron chi connectivity index (χ0n) is 16.8. The van der Waals surface area contributed by atoms with E-state index in [-0.39, 0.29) is 11.9 Å². The minimum absolute atomic E-state index is 0.0235. The van der Waals surface area contributed by atoms with Crippen LogP contribution in [-0.2, 0) is 0 Å². The Hall–Kier alpha value is -2.73. The minimum atomic E-state index is -0.286. The molecule has 6 nitrogen and oxygen atoms in total. The number of hydrogen-bond acceptors (Lipinski definition) is 3. The Labute approximate surface area is 176 Å². The number of amides is 3. The molecule has 0 atom stereocenters. The first-order valence-electron chi connectivity index (χ1n) is 9.75. The van der Waals surface area contributed by atoms with Crippen molar-refractivity contribution in [2.24, 2.45) is 0 Å². The van der Waals surface area contributed by atoms with Crippen molar-refractivity contribution in [1.82, 2.24) is 9.80 Å². The van der Waals surface area contributed by atoms with Crippen molar-refractivity contribution in [1.29, 1.82) is 0 Å². The number of likely N-dealkylation sites (N-methyl/N-ethyl adjacent to an activating group) is 1. The van der Waals surface area contributed by atoms with Gasteiger partial charge in [-0.05, 0) is 55.7 Å². The highest BCUT2D eigenvalue weighted by Crippen LogP contribution is 2.24. The lowest BCUT2D eigenvalue weighted by Crippen LogP contribution is -2.35. The third-order valence-corrected chi connectivity index (χ3v) is 5.23. The summed E-state index contributed by atoms with van der Waals surface area (Å²) >= 11 is 5.86. The highest BCUT2D eigenvalue weighted by atomic mass is 35.5. The number of aryl methyl sites for hydroxylation is 1. The molecule has 0 bridgehead atoms. The van der Waals surface area contributed by atoms with Gasteiger partial charge in [-0.1, -0.05) is 23.7 Å². The molecule has 2 aromatic rings. The highest BCUT2D eigenvalue weighted by molar-refractivity contribution is 6.30. The fourth-order valence-corrected chi connectivity index (χ4v) is 3.40. The molecule has 0 saturated carbocycles. The largest absolute Gasteiger partial charge is 0.492 e. The average molecular weight is 416 g/mol. The van der Waals surface area contributed by atoms with E-state index < -0.39 is 0 Å². The maximum atomic E-state index is 12.9. The molecule has 0 aliphatic carbocycles. The molecule has 3 amide bonds. The van der Waals surface area contributed by atoms with Crippen LogP contribution in [0, 0.1) is 6.92 Å². The highest BCUT2D eigenvalue weighted by Gasteiger charge is 2.24. The van der Waals surface area contributed by atoms with E-state index in [2.05, 4.69) is 5.32 Å². The lowest BCUT2D eigenvalue weighted by molar-refractivity contribution is 0.0793. The molecule has 0 spiro atoms. The van der Waals surface area contributed by atoms with Crippen LogP contribution in [0.3, 0.4) is 0 Å². The molecule has 1 aliphatic heterocycles. The number of urea groups is 1. The van der Waals surface area contributed by atoms with Gasteiger partial charge < -0.3 is 19.9 Å². The van der Waals surface area contributed by atoms with Crippen molar-refractivity contribution in [3.8, 4) is 5.75 Å². The summed E-state index contributed by atoms with van der Waals surface area (Å²) in [5.41, 5.74) is 1.96. The van der Waals surface area contributed by atoms with Crippen LogP contribution in [0.15, 0.2) is 42.5 Å². The predicted molar refractivity (Wildman–Crippen MR) is 115 cm³/mol. The summed E-state index contributed by atoms with van der Waals surface area (Å²) in [5, 5.41) is 3.52. The molecule has 154 valence electrons. The number of carbonyl (C=O) groups excluding carboxylic acids is 2. The van der Waals surface area contributed by atoms with Crippen molar-refractivity contribution in [2.75, 3.05) is 38.6 Å². The van der Waals surface area contributed by atoms with Crippen LogP contribution in [0.4, 0.5) is 10.5 Å². The van der Waals surface area contributed by atoms with Crippen LogP contribution in [0.25, 0.3) is 0 Å². The summed E-state index contributed by atoms with van der Waals surface area (Å²) in [6, 6.07) is 12.3. The van der Waals surface area contributed by atoms with E-state index in [9.17, 15) is 9.59 Å². The Balaban J connectivity index is 1.60. The predicted octanol–water partition coefficient (Wildman–Crippen LogP) is 4.43. The molecule has 1 fully saturated rings. The number of benzene rings is 2. The third-order valence-electron chi connectivity index (χ3n) is 4.98. The Morgan fingerprint density at radius 3 is 2.52 bits per heavy atom. The molecule has 1 aliphatic rings. The summed E-state index contributed by atoms with van der Waals surface area (Å²) in [6.07, 6.45) is 2.05. The molecule has 1 heterocycles. The van der Waals surface area contributed by atoms with Crippen molar-refractivity contribution in [2.45, 2.75) is 19.8 Å². The van der Waals surface area contributed by atoms with Crippen molar-refractivity contribution in [3.63, 3.8) is 0 Å². The standard InChI is InChI=1S/C22H26ClN3O3/c1-16-6-5-7-19(20(16)21(27)26-12-3-4-13-26)24-22(28)25(2)14-15-29-18-10-8-17(23)9-11-18/h5-11H,3-4,12-15H2,1-2H3,(H,24,28). The van der Waals surface area contributed by atoms with Gasteiger partial charge in [0.2, 0.25) is 0 Å². The number of halogens is 1. The zero-order chi connectivity index (χ0) is 20.8. The molecule has 29 heavy (non-hydrogen) atoms. The maximum Gasteiger partial charge on any atom is 0.321 e. The number of anilines is 1. The molecule has 0 aromatic heterocycles. The van der Waals surface area contributed by atoms with E-state index in [4.69, 9.17) is 16.3 Å². The molecule has 2 aromatic carbocycles. The van der Waals surface area contributed by atoms with Crippen LogP contribution >= 0.6 is 11.6 Å². The smallest absolute Gasteiger partial charge is 0.321 e. The maximum absolute atomic E-state index is 12.9. The molecule has 3 rings (SSSR count). The SMILES string of the molecule is Cc1cccc(NC(=O)N(C)CCOc2ccc(Cl)cc2)c1C(=O)N1CCCC1. The van der Waals surface area contributed by atoms with E-state index in [1.807, 2.05) is 24.0 Å². The normalized spacial score (nSPS) is 13.3. The van der Waals surface area contributed by atoms with E-state index in [1.165, 1.54) is 4.90 Å². The summed E-state index contributed by atoms with van der Waals surface area (Å²) in [4.78, 5) is 28.9. The van der Waals surface area contributed by atoms with Crippen molar-refractivity contribution >= 4 is 29.2 Å². The number of hydrogen-bond donors (Lipinski definition) is 1. The number of carbonyl (C=O) groups is 2. The molecule has 1 saturated heterocycles. The molecular formula is C22H26ClN3O3. The lowest BCUT2D eigenvalue weighted by Gasteiger charge is -2.22. The van der Waals surface area contributed by atoms with Crippen LogP contribution in [0.2, 0.25) is 5.02 Å². The van der Waals surface area contributed by atoms with E-state index in [1.54, 1.807) is 37.4 Å². The first-order chi connectivity index (χ1) is 14.0. The van der Waals surface area contributed by atoms with Gasteiger partial charge in [0.15, 0.2) is 0 Å². The Morgan fingerprint density at radius 1 is 1.14 bits per heavy atom. The fourth-order valence-electron chi connectivity index (χ4n) is 3.28. The van der Waals surface area contributed by atoms with Crippen LogP contribution in [0.5, 0.6) is 5.75 Å². The second-order valence-corrected chi connectivity index (χ2v) is 7.59. The Morgan fingerprint density at radius 2 is 1.83 bits per heavy atom. The number of likely N-dealkylation sites (tertiary alicyclic amines) is 1. The van der Waals surface area contributed by atoms with Gasteiger partial charge in [0.1, 0.15) is 12.4 Å². The van der Waals surface area contributed by atoms with Gasteiger partial charge >= 0.3 is 6.03 Å². The first kappa shape index (κ1) is 21.0. The number of nitrogens with zero attached hydrogens (tertiary/aromatic N) is 2. The Kier molecular flexibility index (Phi) is 6.99. The van der Waals surface area contributed by atoms with Gasteiger partial charge in [-0.25, -0.2) is 4.79 Å². The van der Waals surface area contributed by atoms with Gasteiger partial charge in [-0.15, -0.1) is 0 Å². The minimum Gasteiger partial charge on any atom is -0.492 e. The van der Waals surface area contributed by atoms with Gasteiger partial charge in [-0.3, -0.25) is 4.79 Å². The summed E-state index contributed by atoms with van der Waals surface area (Å²) in [5.74, 6) is 0.671. The molecule has 0 unspecified atom stereocenters. The summed E-state index contributed by atoms with van der Waals surface area (Å²) in [6.45, 7) is 4.17. The van der Waals surface area contributed by atoms with Gasteiger partial charge in [0.25, 0.3) is 5.91 Å². The van der Waals surface area contributed by atoms with E-state index in [0.717, 1.165) is 31.5 Å². The summed E-state index contributed by atoms with van der Waals surface area (Å²) < 4.78 is 5.64. The molecule has 7 heteroatoms. The fraction of sp³-hybridized carbons (Fsp3) is 0.364. The van der Waals surface area contributed by atoms with Gasteiger partial charge in [0, 0.05) is 25.2 Å². The van der Waals surface area contributed by atoms with Crippen molar-refractivity contribution in [3.05, 3.63) is 58.6 Å². The lowest BCUT2D eigenvalue weighted by atomic mass is 10.1. The third kappa shape index (κ3) is 5.41. The van der Waals surface area contributed by atoms with E-state index >= 15 is 0 Å². The quantitative estimate of drug-likeness (QED) is 0.759. The van der Waals surface area contributed by atoms with Gasteiger partial charge in [0.05, 0.1) is 17.8 Å². The average Bonchev–Trinajstić information content (AvgIpc) is 3.24. The topological polar surface area (TPSA) is 61.9 Å². The molecule has 0 radical (unpaired) electrons. The molecular weight excluding hydrogens is 390 g/mol. The second-order valence-electron chi connectivity index (χ2n) is 7.15. The van der Waals surface area contributed by atoms with E-state index in [0.29, 0.717) is 35.2 Å². The number of nitrogens with one attached hydrogen (secondary N) is 1. The van der Waals surface area contributed by atoms with Gasteiger partial charge in [-0.2, -0.15) is 0 Å². The first-order valence-corrected chi connectivity index (χ1v) is 10.1.